The Morgan fingerprint density at radius 3 is 2.43 bits per heavy atom. The highest BCUT2D eigenvalue weighted by molar-refractivity contribution is 5.96. The van der Waals surface area contributed by atoms with Gasteiger partial charge in [0.25, 0.3) is 0 Å². The third-order valence-corrected chi connectivity index (χ3v) is 3.87. The van der Waals surface area contributed by atoms with Crippen LogP contribution in [0.5, 0.6) is 0 Å². The van der Waals surface area contributed by atoms with Crippen LogP contribution in [0.3, 0.4) is 0 Å². The van der Waals surface area contributed by atoms with Crippen molar-refractivity contribution in [3.8, 4) is 0 Å². The van der Waals surface area contributed by atoms with E-state index < -0.39 is 0 Å². The zero-order valence-electron chi connectivity index (χ0n) is 13.1. The summed E-state index contributed by atoms with van der Waals surface area (Å²) in [5, 5.41) is 2.34. The summed E-state index contributed by atoms with van der Waals surface area (Å²) in [5.74, 6) is 0.00165. The Bertz CT molecular complexity index is 831. The smallest absolute Gasteiger partial charge is 0.246 e. The van der Waals surface area contributed by atoms with E-state index in [-0.39, 0.29) is 5.91 Å². The van der Waals surface area contributed by atoms with Crippen molar-refractivity contribution in [1.29, 1.82) is 0 Å². The highest BCUT2D eigenvalue weighted by Gasteiger charge is 2.05. The lowest BCUT2D eigenvalue weighted by Gasteiger charge is -2.15. The van der Waals surface area contributed by atoms with Crippen LogP contribution >= 0.6 is 0 Å². The average molecular weight is 301 g/mol. The van der Waals surface area contributed by atoms with Gasteiger partial charge < -0.3 is 4.90 Å². The van der Waals surface area contributed by atoms with Crippen LogP contribution in [0.4, 0.5) is 0 Å². The van der Waals surface area contributed by atoms with E-state index in [4.69, 9.17) is 0 Å². The highest BCUT2D eigenvalue weighted by atomic mass is 16.2. The number of amides is 1. The Morgan fingerprint density at radius 1 is 0.913 bits per heavy atom. The molecule has 2 heteroatoms. The SMILES string of the molecule is CN(Cc1ccccc1)C(=O)/C=C/c1cccc2ccccc12. The van der Waals surface area contributed by atoms with Gasteiger partial charge in [-0.2, -0.15) is 0 Å². The van der Waals surface area contributed by atoms with Gasteiger partial charge in [0.2, 0.25) is 5.91 Å². The van der Waals surface area contributed by atoms with Gasteiger partial charge in [-0.15, -0.1) is 0 Å². The van der Waals surface area contributed by atoms with Crippen molar-refractivity contribution in [2.75, 3.05) is 7.05 Å². The van der Waals surface area contributed by atoms with Crippen LogP contribution in [0.1, 0.15) is 11.1 Å². The maximum Gasteiger partial charge on any atom is 0.246 e. The van der Waals surface area contributed by atoms with Crippen LogP contribution in [-0.2, 0) is 11.3 Å². The number of hydrogen-bond donors (Lipinski definition) is 0. The van der Waals surface area contributed by atoms with Crippen molar-refractivity contribution < 1.29 is 4.79 Å². The van der Waals surface area contributed by atoms with Crippen molar-refractivity contribution in [3.63, 3.8) is 0 Å². The Morgan fingerprint density at radius 2 is 1.61 bits per heavy atom. The molecule has 23 heavy (non-hydrogen) atoms. The molecule has 3 aromatic rings. The summed E-state index contributed by atoms with van der Waals surface area (Å²) >= 11 is 0. The lowest BCUT2D eigenvalue weighted by Crippen LogP contribution is -2.24. The molecule has 3 rings (SSSR count). The second kappa shape index (κ2) is 6.93. The molecular weight excluding hydrogens is 282 g/mol. The summed E-state index contributed by atoms with van der Waals surface area (Å²) in [6, 6.07) is 24.3. The molecule has 1 amide bonds. The Balaban J connectivity index is 1.75. The largest absolute Gasteiger partial charge is 0.338 e. The molecular formula is C21H19NO. The molecule has 3 aromatic carbocycles. The Labute approximate surface area is 136 Å². The van der Waals surface area contributed by atoms with Crippen LogP contribution in [0.2, 0.25) is 0 Å². The molecule has 0 atom stereocenters. The number of rotatable bonds is 4. The number of nitrogens with zero attached hydrogens (tertiary/aromatic N) is 1. The van der Waals surface area contributed by atoms with Crippen molar-refractivity contribution in [2.45, 2.75) is 6.54 Å². The van der Waals surface area contributed by atoms with Crippen LogP contribution < -0.4 is 0 Å². The van der Waals surface area contributed by atoms with Gasteiger partial charge in [-0.05, 0) is 28.0 Å². The predicted molar refractivity (Wildman–Crippen MR) is 95.9 cm³/mol. The number of benzene rings is 3. The third kappa shape index (κ3) is 3.67. The molecule has 0 aliphatic carbocycles. The zero-order valence-corrected chi connectivity index (χ0v) is 13.1. The summed E-state index contributed by atoms with van der Waals surface area (Å²) in [5.41, 5.74) is 2.19. The van der Waals surface area contributed by atoms with Crippen LogP contribution in [0.25, 0.3) is 16.8 Å². The molecule has 0 bridgehead atoms. The molecule has 0 aliphatic rings. The Hall–Kier alpha value is -2.87. The van der Waals surface area contributed by atoms with Crippen molar-refractivity contribution >= 4 is 22.8 Å². The van der Waals surface area contributed by atoms with Gasteiger partial charge in [0.05, 0.1) is 0 Å². The molecule has 0 spiro atoms. The highest BCUT2D eigenvalue weighted by Crippen LogP contribution is 2.19. The maximum atomic E-state index is 12.3. The van der Waals surface area contributed by atoms with E-state index in [1.807, 2.05) is 67.7 Å². The van der Waals surface area contributed by atoms with Crippen molar-refractivity contribution in [3.05, 3.63) is 90.0 Å². The lowest BCUT2D eigenvalue weighted by atomic mass is 10.0. The molecule has 0 N–H and O–H groups in total. The fourth-order valence-electron chi connectivity index (χ4n) is 2.62. The summed E-state index contributed by atoms with van der Waals surface area (Å²) in [7, 11) is 1.82. The molecule has 0 saturated carbocycles. The third-order valence-electron chi connectivity index (χ3n) is 3.87. The fourth-order valence-corrected chi connectivity index (χ4v) is 2.62. The van der Waals surface area contributed by atoms with Crippen molar-refractivity contribution in [2.24, 2.45) is 0 Å². The summed E-state index contributed by atoms with van der Waals surface area (Å²) < 4.78 is 0. The van der Waals surface area contributed by atoms with Gasteiger partial charge in [-0.3, -0.25) is 4.79 Å². The van der Waals surface area contributed by atoms with Gasteiger partial charge in [0, 0.05) is 19.7 Å². The second-order valence-electron chi connectivity index (χ2n) is 5.58. The molecule has 0 heterocycles. The maximum absolute atomic E-state index is 12.3. The molecule has 0 unspecified atom stereocenters. The van der Waals surface area contributed by atoms with E-state index in [1.54, 1.807) is 11.0 Å². The van der Waals surface area contributed by atoms with E-state index in [2.05, 4.69) is 18.2 Å². The minimum atomic E-state index is 0.00165. The Kier molecular flexibility index (Phi) is 4.53. The predicted octanol–water partition coefficient (Wildman–Crippen LogP) is 4.51. The van der Waals surface area contributed by atoms with E-state index >= 15 is 0 Å². The van der Waals surface area contributed by atoms with E-state index in [0.29, 0.717) is 6.54 Å². The summed E-state index contributed by atoms with van der Waals surface area (Å²) in [6.45, 7) is 0.611. The summed E-state index contributed by atoms with van der Waals surface area (Å²) in [6.07, 6.45) is 3.54. The standard InChI is InChI=1S/C21H19NO/c1-22(16-17-8-3-2-4-9-17)21(23)15-14-19-12-7-11-18-10-5-6-13-20(18)19/h2-15H,16H2,1H3/b15-14+. The fraction of sp³-hybridized carbons (Fsp3) is 0.0952. The van der Waals surface area contributed by atoms with Crippen LogP contribution in [0.15, 0.2) is 78.9 Å². The minimum absolute atomic E-state index is 0.00165. The quantitative estimate of drug-likeness (QED) is 0.649. The monoisotopic (exact) mass is 301 g/mol. The van der Waals surface area contributed by atoms with Gasteiger partial charge in [-0.1, -0.05) is 72.8 Å². The molecule has 0 saturated heterocycles. The minimum Gasteiger partial charge on any atom is -0.338 e. The first-order chi connectivity index (χ1) is 11.2. The molecule has 2 nitrogen and oxygen atoms in total. The zero-order chi connectivity index (χ0) is 16.1. The van der Waals surface area contributed by atoms with Crippen LogP contribution in [0, 0.1) is 0 Å². The second-order valence-corrected chi connectivity index (χ2v) is 5.58. The van der Waals surface area contributed by atoms with E-state index in [9.17, 15) is 4.79 Å². The summed E-state index contributed by atoms with van der Waals surface area (Å²) in [4.78, 5) is 14.0. The average Bonchev–Trinajstić information content (AvgIpc) is 2.60. The van der Waals surface area contributed by atoms with E-state index in [0.717, 1.165) is 16.5 Å². The molecule has 0 aliphatic heterocycles. The molecule has 0 aromatic heterocycles. The van der Waals surface area contributed by atoms with Crippen LogP contribution in [-0.4, -0.2) is 17.9 Å². The van der Waals surface area contributed by atoms with Crippen molar-refractivity contribution in [1.82, 2.24) is 4.90 Å². The number of likely N-dealkylation sites (N-methyl/N-ethyl adjacent to an activating group) is 1. The molecule has 0 fully saturated rings. The van der Waals surface area contributed by atoms with Gasteiger partial charge >= 0.3 is 0 Å². The van der Waals surface area contributed by atoms with Gasteiger partial charge in [0.15, 0.2) is 0 Å². The number of fused-ring (bicyclic) bond motifs is 1. The first-order valence-corrected chi connectivity index (χ1v) is 7.69. The first-order valence-electron chi connectivity index (χ1n) is 7.69. The lowest BCUT2D eigenvalue weighted by molar-refractivity contribution is -0.125. The van der Waals surface area contributed by atoms with Gasteiger partial charge in [0.1, 0.15) is 0 Å². The normalized spacial score (nSPS) is 11.0. The topological polar surface area (TPSA) is 20.3 Å². The number of hydrogen-bond acceptors (Lipinski definition) is 1. The van der Waals surface area contributed by atoms with E-state index in [1.165, 1.54) is 5.39 Å². The van der Waals surface area contributed by atoms with Gasteiger partial charge in [-0.25, -0.2) is 0 Å². The molecule has 0 radical (unpaired) electrons. The molecule has 114 valence electrons. The number of carbonyl (C=O) groups is 1. The number of carbonyl (C=O) groups excluding carboxylic acids is 1. The first kappa shape index (κ1) is 15.0.